The molecule has 0 aliphatic rings. The smallest absolute Gasteiger partial charge is 0.193 e. The molecule has 1 heterocycles. The average Bonchev–Trinajstić information content (AvgIpc) is 2.97. The maximum atomic E-state index is 13.5. The van der Waals surface area contributed by atoms with Crippen LogP contribution in [-0.4, -0.2) is 39.8 Å². The molecule has 6 nitrogen and oxygen atoms in total. The van der Waals surface area contributed by atoms with Crippen LogP contribution in [0.2, 0.25) is 0 Å². The number of hydrogen-bond acceptors (Lipinski definition) is 3. The average molecular weight is 489 g/mol. The third-order valence-electron chi connectivity index (χ3n) is 4.20. The molecule has 0 spiro atoms. The van der Waals surface area contributed by atoms with E-state index in [-0.39, 0.29) is 30.6 Å². The summed E-state index contributed by atoms with van der Waals surface area (Å²) in [4.78, 5) is 6.35. The highest BCUT2D eigenvalue weighted by Gasteiger charge is 2.15. The van der Waals surface area contributed by atoms with Gasteiger partial charge in [-0.2, -0.15) is 5.10 Å². The molecule has 0 aliphatic heterocycles. The van der Waals surface area contributed by atoms with Crippen LogP contribution >= 0.6 is 24.0 Å². The van der Waals surface area contributed by atoms with Crippen LogP contribution < -0.4 is 5.32 Å². The molecule has 8 heteroatoms. The third kappa shape index (κ3) is 6.17. The van der Waals surface area contributed by atoms with Gasteiger partial charge in [0.1, 0.15) is 5.82 Å². The lowest BCUT2D eigenvalue weighted by Crippen LogP contribution is -2.38. The molecular weight excluding hydrogens is 460 g/mol. The van der Waals surface area contributed by atoms with Gasteiger partial charge in [-0.25, -0.2) is 4.39 Å². The Labute approximate surface area is 177 Å². The zero-order chi connectivity index (χ0) is 19.3. The molecule has 0 saturated carbocycles. The second kappa shape index (κ2) is 10.6. The van der Waals surface area contributed by atoms with Crippen LogP contribution in [0.1, 0.15) is 42.1 Å². The fraction of sp³-hybridized carbons (Fsp3) is 0.474. The lowest BCUT2D eigenvalue weighted by atomic mass is 10.1. The molecule has 2 N–H and O–H groups in total. The first-order chi connectivity index (χ1) is 12.3. The number of aliphatic hydroxyl groups is 1. The molecule has 0 unspecified atom stereocenters. The van der Waals surface area contributed by atoms with Crippen molar-refractivity contribution in [1.29, 1.82) is 0 Å². The van der Waals surface area contributed by atoms with Crippen molar-refractivity contribution < 1.29 is 9.50 Å². The van der Waals surface area contributed by atoms with E-state index in [0.717, 1.165) is 22.8 Å². The van der Waals surface area contributed by atoms with Gasteiger partial charge in [0.05, 0.1) is 12.3 Å². The highest BCUT2D eigenvalue weighted by molar-refractivity contribution is 14.0. The van der Waals surface area contributed by atoms with Crippen molar-refractivity contribution in [2.75, 3.05) is 14.1 Å². The second-order valence-electron chi connectivity index (χ2n) is 6.71. The number of hydrogen-bond donors (Lipinski definition) is 2. The van der Waals surface area contributed by atoms with Gasteiger partial charge in [-0.15, -0.1) is 24.0 Å². The number of nitrogens with zero attached hydrogens (tertiary/aromatic N) is 4. The summed E-state index contributed by atoms with van der Waals surface area (Å²) in [5.41, 5.74) is 3.43. The van der Waals surface area contributed by atoms with Crippen LogP contribution in [0.4, 0.5) is 4.39 Å². The summed E-state index contributed by atoms with van der Waals surface area (Å²) >= 11 is 0. The summed E-state index contributed by atoms with van der Waals surface area (Å²) in [6.45, 7) is 5.13. The normalized spacial score (nSPS) is 11.5. The summed E-state index contributed by atoms with van der Waals surface area (Å²) < 4.78 is 15.3. The van der Waals surface area contributed by atoms with Crippen molar-refractivity contribution in [3.63, 3.8) is 0 Å². The quantitative estimate of drug-likeness (QED) is 0.372. The van der Waals surface area contributed by atoms with Crippen LogP contribution in [0.5, 0.6) is 0 Å². The fourth-order valence-electron chi connectivity index (χ4n) is 2.92. The predicted octanol–water partition coefficient (Wildman–Crippen LogP) is 3.00. The van der Waals surface area contributed by atoms with E-state index in [4.69, 9.17) is 0 Å². The second-order valence-corrected chi connectivity index (χ2v) is 6.71. The molecule has 0 atom stereocenters. The first-order valence-corrected chi connectivity index (χ1v) is 8.68. The topological polar surface area (TPSA) is 65.7 Å². The van der Waals surface area contributed by atoms with Gasteiger partial charge in [0, 0.05) is 51.6 Å². The van der Waals surface area contributed by atoms with Crippen molar-refractivity contribution in [1.82, 2.24) is 20.0 Å². The van der Waals surface area contributed by atoms with Gasteiger partial charge < -0.3 is 15.3 Å². The van der Waals surface area contributed by atoms with Crippen molar-refractivity contribution in [3.05, 3.63) is 52.6 Å². The lowest BCUT2D eigenvalue weighted by molar-refractivity contribution is 0.275. The van der Waals surface area contributed by atoms with E-state index in [1.807, 2.05) is 29.9 Å². The Balaban J connectivity index is 0.00000364. The lowest BCUT2D eigenvalue weighted by Gasteiger charge is -2.22. The van der Waals surface area contributed by atoms with Crippen LogP contribution in [0.3, 0.4) is 0 Å². The predicted molar refractivity (Wildman–Crippen MR) is 117 cm³/mol. The SMILES string of the molecule is CN=C(NCc1ccc(F)c(CO)c1)N(C)Cc1cn(C)nc1C(C)C.I. The molecule has 0 fully saturated rings. The maximum Gasteiger partial charge on any atom is 0.193 e. The molecule has 0 aliphatic carbocycles. The van der Waals surface area contributed by atoms with E-state index in [2.05, 4.69) is 29.3 Å². The number of rotatable bonds is 6. The molecule has 2 rings (SSSR count). The minimum atomic E-state index is -0.393. The summed E-state index contributed by atoms with van der Waals surface area (Å²) in [5.74, 6) is 0.694. The van der Waals surface area contributed by atoms with Crippen molar-refractivity contribution >= 4 is 29.9 Å². The summed E-state index contributed by atoms with van der Waals surface area (Å²) in [7, 11) is 5.63. The minimum absolute atomic E-state index is 0. The van der Waals surface area contributed by atoms with E-state index < -0.39 is 5.82 Å². The molecule has 150 valence electrons. The van der Waals surface area contributed by atoms with Gasteiger partial charge >= 0.3 is 0 Å². The number of aromatic nitrogens is 2. The molecule has 2 aromatic rings. The van der Waals surface area contributed by atoms with Gasteiger partial charge in [-0.05, 0) is 23.6 Å². The maximum absolute atomic E-state index is 13.5. The number of halogens is 2. The van der Waals surface area contributed by atoms with E-state index in [1.165, 1.54) is 6.07 Å². The van der Waals surface area contributed by atoms with Crippen LogP contribution in [-0.2, 0) is 26.7 Å². The van der Waals surface area contributed by atoms with Crippen LogP contribution in [0.15, 0.2) is 29.4 Å². The number of aliphatic imine (C=N–C) groups is 1. The Morgan fingerprint density at radius 2 is 2.07 bits per heavy atom. The third-order valence-corrected chi connectivity index (χ3v) is 4.20. The van der Waals surface area contributed by atoms with Crippen molar-refractivity contribution in [3.8, 4) is 0 Å². The fourth-order valence-corrected chi connectivity index (χ4v) is 2.92. The van der Waals surface area contributed by atoms with Gasteiger partial charge in [0.15, 0.2) is 5.96 Å². The summed E-state index contributed by atoms with van der Waals surface area (Å²) in [6, 6.07) is 4.74. The van der Waals surface area contributed by atoms with Crippen LogP contribution in [0, 0.1) is 5.82 Å². The number of guanidine groups is 1. The Kier molecular flexibility index (Phi) is 9.17. The van der Waals surface area contributed by atoms with Gasteiger partial charge in [-0.1, -0.05) is 19.9 Å². The van der Waals surface area contributed by atoms with Crippen molar-refractivity contribution in [2.45, 2.75) is 39.5 Å². The van der Waals surface area contributed by atoms with Crippen molar-refractivity contribution in [2.24, 2.45) is 12.0 Å². The molecule has 0 radical (unpaired) electrons. The molecule has 1 aromatic carbocycles. The first-order valence-electron chi connectivity index (χ1n) is 8.68. The van der Waals surface area contributed by atoms with E-state index in [9.17, 15) is 9.50 Å². The zero-order valence-electron chi connectivity index (χ0n) is 16.5. The van der Waals surface area contributed by atoms with Crippen LogP contribution in [0.25, 0.3) is 0 Å². The monoisotopic (exact) mass is 489 g/mol. The zero-order valence-corrected chi connectivity index (χ0v) is 18.9. The number of nitrogens with one attached hydrogen (secondary N) is 1. The van der Waals surface area contributed by atoms with E-state index >= 15 is 0 Å². The van der Waals surface area contributed by atoms with Gasteiger partial charge in [0.25, 0.3) is 0 Å². The molecule has 27 heavy (non-hydrogen) atoms. The molecule has 1 aromatic heterocycles. The van der Waals surface area contributed by atoms with E-state index in [0.29, 0.717) is 24.6 Å². The number of aliphatic hydroxyl groups excluding tert-OH is 1. The summed E-state index contributed by atoms with van der Waals surface area (Å²) in [6.07, 6.45) is 2.03. The molecule has 0 amide bonds. The Bertz CT molecular complexity index is 775. The molecule has 0 bridgehead atoms. The summed E-state index contributed by atoms with van der Waals surface area (Å²) in [5, 5.41) is 17.0. The standard InChI is InChI=1S/C19H28FN5O.HI/c1-13(2)18-16(11-25(5)23-18)10-24(4)19(21-3)22-9-14-6-7-17(20)15(8-14)12-26;/h6-8,11,13,26H,9-10,12H2,1-5H3,(H,21,22);1H. The largest absolute Gasteiger partial charge is 0.392 e. The van der Waals surface area contributed by atoms with Gasteiger partial charge in [-0.3, -0.25) is 9.67 Å². The highest BCUT2D eigenvalue weighted by Crippen LogP contribution is 2.18. The number of benzene rings is 1. The first kappa shape index (κ1) is 23.4. The molecular formula is C19H29FIN5O. The minimum Gasteiger partial charge on any atom is -0.392 e. The van der Waals surface area contributed by atoms with E-state index in [1.54, 1.807) is 19.2 Å². The Hall–Kier alpha value is -1.68. The number of aryl methyl sites for hydroxylation is 1. The molecule has 0 saturated heterocycles. The highest BCUT2D eigenvalue weighted by atomic mass is 127. The Morgan fingerprint density at radius 1 is 1.37 bits per heavy atom. The van der Waals surface area contributed by atoms with Gasteiger partial charge in [0.2, 0.25) is 0 Å². The Morgan fingerprint density at radius 3 is 2.67 bits per heavy atom.